The summed E-state index contributed by atoms with van der Waals surface area (Å²) in [5.74, 6) is 5.03. The average Bonchev–Trinajstić information content (AvgIpc) is 1.32. The van der Waals surface area contributed by atoms with Gasteiger partial charge in [0.25, 0.3) is 0 Å². The van der Waals surface area contributed by atoms with E-state index in [0.29, 0.717) is 54.9 Å². The van der Waals surface area contributed by atoms with Gasteiger partial charge in [0.05, 0.1) is 50.3 Å². The molecule has 7 fully saturated rings. The molecule has 0 saturated carbocycles. The van der Waals surface area contributed by atoms with Gasteiger partial charge in [-0.25, -0.2) is 14.4 Å². The number of benzene rings is 2. The van der Waals surface area contributed by atoms with E-state index >= 15 is 0 Å². The maximum absolute atomic E-state index is 12.7. The lowest BCUT2D eigenvalue weighted by Crippen LogP contribution is -2.54. The van der Waals surface area contributed by atoms with E-state index in [4.69, 9.17) is 13.6 Å². The van der Waals surface area contributed by atoms with Crippen LogP contribution in [0.1, 0.15) is 193 Å². The highest BCUT2D eigenvalue weighted by Gasteiger charge is 2.39. The summed E-state index contributed by atoms with van der Waals surface area (Å²) in [5, 5.41) is 5.19. The van der Waals surface area contributed by atoms with Crippen LogP contribution in [-0.2, 0) is 33.2 Å². The monoisotopic (exact) mass is 1600 g/mol. The molecule has 3 aromatic heterocycles. The SMILES string of the molecule is CC(C1CCN(C)CC1)n1cccn1.CC(OC1CCN(C)CC1)c1ccccc1.CCC(C1CCN(C)CC1)N(CC)C(C)=O.CCN(C(C)=O)C(C)(C)C1CCN(C)CC1.CN1CCC(N(CCF)Cc2cnco2)CC1.CN1CCC(N(Cc2cnco2)CC(F)(F)F)CC1.CN1CCC(SCc2ccccc2)CC1. The Morgan fingerprint density at radius 1 is 0.566 bits per heavy atom. The summed E-state index contributed by atoms with van der Waals surface area (Å²) < 4.78 is 69.1. The van der Waals surface area contributed by atoms with Crippen molar-refractivity contribution in [2.24, 2.45) is 17.8 Å². The minimum Gasteiger partial charge on any atom is -0.447 e. The second kappa shape index (κ2) is 51.8. The van der Waals surface area contributed by atoms with Gasteiger partial charge in [0.1, 0.15) is 18.2 Å². The number of thioether (sulfide) groups is 1. The van der Waals surface area contributed by atoms with Gasteiger partial charge in [0.15, 0.2) is 12.8 Å². The number of halogens is 4. The van der Waals surface area contributed by atoms with E-state index in [-0.39, 0.29) is 42.7 Å². The van der Waals surface area contributed by atoms with Gasteiger partial charge in [0, 0.05) is 93.6 Å². The first-order valence-corrected chi connectivity index (χ1v) is 43.7. The molecule has 20 nitrogen and oxygen atoms in total. The van der Waals surface area contributed by atoms with E-state index in [2.05, 4.69) is 227 Å². The molecule has 0 N–H and O–H groups in total. The van der Waals surface area contributed by atoms with Gasteiger partial charge >= 0.3 is 6.18 Å². The van der Waals surface area contributed by atoms with Crippen LogP contribution >= 0.6 is 11.8 Å². The molecule has 3 unspecified atom stereocenters. The Bertz CT molecular complexity index is 3190. The number of nitrogens with zero attached hydrogens (tertiary/aromatic N) is 15. The van der Waals surface area contributed by atoms with Crippen molar-refractivity contribution in [1.82, 2.24) is 73.6 Å². The summed E-state index contributed by atoms with van der Waals surface area (Å²) >= 11 is 2.13. The first kappa shape index (κ1) is 96.5. The summed E-state index contributed by atoms with van der Waals surface area (Å²) in [5.41, 5.74) is 2.74. The quantitative estimate of drug-likeness (QED) is 0.0539. The molecule has 12 rings (SSSR count). The molecule has 0 spiro atoms. The van der Waals surface area contributed by atoms with Crippen molar-refractivity contribution >= 4 is 23.6 Å². The van der Waals surface area contributed by atoms with Crippen molar-refractivity contribution < 1.29 is 40.7 Å². The lowest BCUT2D eigenvalue weighted by molar-refractivity contribution is -0.154. The Labute approximate surface area is 683 Å². The van der Waals surface area contributed by atoms with Crippen LogP contribution in [0.2, 0.25) is 0 Å². The molecule has 3 atom stereocenters. The lowest BCUT2D eigenvalue weighted by atomic mass is 9.79. The average molecular weight is 1610 g/mol. The predicted octanol–water partition coefficient (Wildman–Crippen LogP) is 15.3. The zero-order valence-corrected chi connectivity index (χ0v) is 73.2. The lowest BCUT2D eigenvalue weighted by Gasteiger charge is -2.46. The van der Waals surface area contributed by atoms with Crippen LogP contribution in [0.25, 0.3) is 0 Å². The van der Waals surface area contributed by atoms with Gasteiger partial charge in [-0.1, -0.05) is 67.6 Å². The number of rotatable bonds is 24. The van der Waals surface area contributed by atoms with E-state index < -0.39 is 12.7 Å². The number of oxazole rings is 2. The molecule has 5 aromatic rings. The molecule has 10 heterocycles. The summed E-state index contributed by atoms with van der Waals surface area (Å²) in [7, 11) is 15.1. The molecule has 0 radical (unpaired) electrons. The summed E-state index contributed by atoms with van der Waals surface area (Å²) in [4.78, 5) is 55.0. The van der Waals surface area contributed by atoms with Crippen LogP contribution in [0, 0.1) is 17.8 Å². The molecule has 7 aliphatic rings. The number of piperidine rings is 7. The Kier molecular flexibility index (Phi) is 44.2. The smallest absolute Gasteiger partial charge is 0.401 e. The van der Waals surface area contributed by atoms with Crippen molar-refractivity contribution in [2.75, 3.05) is 174 Å². The van der Waals surface area contributed by atoms with Crippen LogP contribution in [0.4, 0.5) is 17.6 Å². The van der Waals surface area contributed by atoms with Crippen LogP contribution in [0.15, 0.2) is 113 Å². The third-order valence-electron chi connectivity index (χ3n) is 24.5. The zero-order chi connectivity index (χ0) is 82.3. The number of alkyl halides is 4. The number of aromatic nitrogens is 4. The highest BCUT2D eigenvalue weighted by molar-refractivity contribution is 7.99. The summed E-state index contributed by atoms with van der Waals surface area (Å²) in [6.07, 6.45) is 23.6. The summed E-state index contributed by atoms with van der Waals surface area (Å²) in [6, 6.07) is 24.7. The number of hydrogen-bond acceptors (Lipinski definition) is 18. The number of carbonyl (C=O) groups excluding carboxylic acids is 2. The number of hydrogen-bond donors (Lipinski definition) is 0. The fraction of sp³-hybridized carbons (Fsp3) is 0.739. The number of carbonyl (C=O) groups is 2. The highest BCUT2D eigenvalue weighted by atomic mass is 32.2. The van der Waals surface area contributed by atoms with Crippen LogP contribution < -0.4 is 0 Å². The molecular formula is C88H149F4N15O5S. The van der Waals surface area contributed by atoms with Crippen molar-refractivity contribution in [3.8, 4) is 0 Å². The molecule has 7 aliphatic heterocycles. The van der Waals surface area contributed by atoms with Gasteiger partial charge in [-0.15, -0.1) is 0 Å². The van der Waals surface area contributed by atoms with Crippen LogP contribution in [0.3, 0.4) is 0 Å². The van der Waals surface area contributed by atoms with Gasteiger partial charge in [-0.05, 0) is 301 Å². The van der Waals surface area contributed by atoms with Crippen molar-refractivity contribution in [1.29, 1.82) is 0 Å². The van der Waals surface area contributed by atoms with E-state index in [1.807, 2.05) is 30.3 Å². The second-order valence-corrected chi connectivity index (χ2v) is 34.7. The Morgan fingerprint density at radius 2 is 1.01 bits per heavy atom. The molecule has 0 bridgehead atoms. The maximum atomic E-state index is 12.7. The molecule has 2 aromatic carbocycles. The number of ether oxygens (including phenoxy) is 1. The number of amides is 2. The summed E-state index contributed by atoms with van der Waals surface area (Å²) in [6.45, 7) is 36.2. The van der Waals surface area contributed by atoms with Crippen LogP contribution in [-0.4, -0.2) is 300 Å². The van der Waals surface area contributed by atoms with Crippen molar-refractivity contribution in [2.45, 2.75) is 231 Å². The molecule has 7 saturated heterocycles. The highest BCUT2D eigenvalue weighted by Crippen LogP contribution is 2.34. The minimum atomic E-state index is -4.19. The maximum Gasteiger partial charge on any atom is 0.401 e. The van der Waals surface area contributed by atoms with Crippen molar-refractivity contribution in [3.63, 3.8) is 0 Å². The van der Waals surface area contributed by atoms with E-state index in [0.717, 1.165) is 127 Å². The first-order chi connectivity index (χ1) is 54.1. The van der Waals surface area contributed by atoms with E-state index in [9.17, 15) is 27.2 Å². The van der Waals surface area contributed by atoms with E-state index in [1.54, 1.807) is 20.0 Å². The normalized spacial score (nSPS) is 20.1. The Hall–Kier alpha value is -5.32. The molecule has 640 valence electrons. The Morgan fingerprint density at radius 3 is 1.42 bits per heavy atom. The standard InChI is InChI=1S/C14H21NO.2C13H26N2O.C13H19NS.C12H18F3N3O.C12H20FN3O.C11H19N3/c1-12(13-6-4-3-5-7-13)16-14-8-10-15(2)11-9-14;1-6-15(11(2)16)13(3,4)12-7-9-14(5)10-8-12;1-5-13(15(6-2)11(3)16)12-7-9-14(4)10-8-12;1-14-9-7-13(8-10-14)15-11-12-5-3-2-4-6-12;1-17-4-2-10(3-5-17)18(8-12(13,14)15)7-11-6-16-9-19-11;1-15-5-2-11(3-6-15)16(7-4-13)9-12-8-14-10-17-12;1-10(14-7-3-6-12-14)11-4-8-13(2)9-5-11/h3-7,12,14H,8-11H2,1-2H3;12H,6-10H2,1-5H3;12-13H,5-10H2,1-4H3;2-6,13H,7-11H2,1H3;6,9-10H,2-5,7-8H2,1H3;8,10-11H,2-7,9H2,1H3;3,6-7,10-11H,4-5,8-9H2,1-2H3. The zero-order valence-electron chi connectivity index (χ0n) is 72.4. The molecular weight excluding hydrogens is 1460 g/mol. The first-order valence-electron chi connectivity index (χ1n) is 42.6. The Balaban J connectivity index is 0.000000206. The predicted molar refractivity (Wildman–Crippen MR) is 453 cm³/mol. The fourth-order valence-electron chi connectivity index (χ4n) is 17.1. The second-order valence-electron chi connectivity index (χ2n) is 33.5. The van der Waals surface area contributed by atoms with Gasteiger partial charge in [0.2, 0.25) is 11.8 Å². The van der Waals surface area contributed by atoms with Crippen LogP contribution in [0.5, 0.6) is 0 Å². The topological polar surface area (TPSA) is 149 Å². The molecule has 25 heteroatoms. The van der Waals surface area contributed by atoms with Gasteiger partial charge in [-0.2, -0.15) is 30.0 Å². The minimum absolute atomic E-state index is 0.00183. The third kappa shape index (κ3) is 35.8. The van der Waals surface area contributed by atoms with Crippen molar-refractivity contribution in [3.05, 3.63) is 127 Å². The molecule has 113 heavy (non-hydrogen) atoms. The molecule has 0 aliphatic carbocycles. The van der Waals surface area contributed by atoms with Gasteiger partial charge in [-0.3, -0.25) is 24.1 Å². The fourth-order valence-corrected chi connectivity index (χ4v) is 18.3. The third-order valence-corrected chi connectivity index (χ3v) is 26.0. The largest absolute Gasteiger partial charge is 0.447 e. The van der Waals surface area contributed by atoms with Gasteiger partial charge < -0.3 is 57.7 Å². The van der Waals surface area contributed by atoms with E-state index in [1.165, 1.54) is 131 Å². The number of likely N-dealkylation sites (tertiary alicyclic amines) is 7. The molecule has 2 amide bonds.